The Morgan fingerprint density at radius 1 is 0.821 bits per heavy atom. The summed E-state index contributed by atoms with van der Waals surface area (Å²) in [6, 6.07) is 14.4. The van der Waals surface area contributed by atoms with Crippen molar-refractivity contribution in [3.05, 3.63) is 71.8 Å². The van der Waals surface area contributed by atoms with E-state index >= 15 is 0 Å². The highest BCUT2D eigenvalue weighted by molar-refractivity contribution is 5.95. The van der Waals surface area contributed by atoms with Gasteiger partial charge in [0.1, 0.15) is 18.2 Å². The van der Waals surface area contributed by atoms with Crippen LogP contribution in [0, 0.1) is 0 Å². The molecule has 0 unspecified atom stereocenters. The molecule has 2 amide bonds. The van der Waals surface area contributed by atoms with Gasteiger partial charge in [-0.05, 0) is 24.3 Å². The second kappa shape index (κ2) is 8.94. The quantitative estimate of drug-likeness (QED) is 0.478. The fourth-order valence-electron chi connectivity index (χ4n) is 3.10. The maximum atomic E-state index is 12.5. The number of nitrogens with one attached hydrogen (secondary N) is 2. The second-order valence-corrected chi connectivity index (χ2v) is 6.47. The normalized spacial score (nSPS) is 27.0. The van der Waals surface area contributed by atoms with Gasteiger partial charge in [-0.1, -0.05) is 36.4 Å². The molecule has 5 atom stereocenters. The molecule has 1 fully saturated rings. The van der Waals surface area contributed by atoms with E-state index in [1.54, 1.807) is 60.7 Å². The topological polar surface area (TPSA) is 128 Å². The smallest absolute Gasteiger partial charge is 0.251 e. The Morgan fingerprint density at radius 3 is 1.75 bits per heavy atom. The minimum absolute atomic E-state index is 0.349. The molecular weight excluding hydrogens is 364 g/mol. The minimum atomic E-state index is -1.53. The van der Waals surface area contributed by atoms with E-state index in [9.17, 15) is 24.9 Å². The number of hydrogen-bond donors (Lipinski definition) is 5. The van der Waals surface area contributed by atoms with Gasteiger partial charge in [-0.25, -0.2) is 0 Å². The summed E-state index contributed by atoms with van der Waals surface area (Å²) in [5, 5.41) is 35.5. The maximum Gasteiger partial charge on any atom is 0.251 e. The molecule has 0 saturated carbocycles. The molecule has 1 aliphatic heterocycles. The van der Waals surface area contributed by atoms with E-state index in [1.807, 2.05) is 0 Å². The van der Waals surface area contributed by atoms with Gasteiger partial charge in [-0.15, -0.1) is 0 Å². The van der Waals surface area contributed by atoms with E-state index in [1.165, 1.54) is 0 Å². The van der Waals surface area contributed by atoms with Crippen LogP contribution in [0.2, 0.25) is 0 Å². The molecule has 2 aromatic carbocycles. The Balaban J connectivity index is 1.82. The first kappa shape index (κ1) is 20.0. The van der Waals surface area contributed by atoms with Crippen LogP contribution in [-0.4, -0.2) is 64.3 Å². The summed E-state index contributed by atoms with van der Waals surface area (Å²) < 4.78 is 5.20. The number of carbonyl (C=O) groups excluding carboxylic acids is 2. The van der Waals surface area contributed by atoms with Crippen LogP contribution in [0.3, 0.4) is 0 Å². The van der Waals surface area contributed by atoms with E-state index in [0.29, 0.717) is 11.1 Å². The lowest BCUT2D eigenvalue weighted by atomic mass is 9.93. The molecule has 1 saturated heterocycles. The van der Waals surface area contributed by atoms with Crippen molar-refractivity contribution in [3.63, 3.8) is 0 Å². The van der Waals surface area contributed by atoms with Gasteiger partial charge in [0.05, 0.1) is 12.6 Å². The molecule has 0 spiro atoms. The lowest BCUT2D eigenvalue weighted by Crippen LogP contribution is -2.69. The summed E-state index contributed by atoms with van der Waals surface area (Å²) in [5.41, 5.74) is 0.700. The maximum absolute atomic E-state index is 12.5. The zero-order valence-corrected chi connectivity index (χ0v) is 14.9. The van der Waals surface area contributed by atoms with Gasteiger partial charge in [0, 0.05) is 11.1 Å². The van der Waals surface area contributed by atoms with Crippen LogP contribution < -0.4 is 10.6 Å². The van der Waals surface area contributed by atoms with Crippen molar-refractivity contribution >= 4 is 11.8 Å². The van der Waals surface area contributed by atoms with Crippen LogP contribution in [0.4, 0.5) is 0 Å². The van der Waals surface area contributed by atoms with Crippen molar-refractivity contribution in [2.24, 2.45) is 0 Å². The summed E-state index contributed by atoms with van der Waals surface area (Å²) in [6.45, 7) is -0.560. The standard InChI is InChI=1S/C20H22N2O6/c23-11-14-17(24)15(21-18(25)12-7-3-1-4-8-12)16(20(27)28-14)22-19(26)13-9-5-2-6-10-13/h1-10,14-17,20,23-24,27H,11H2,(H,21,25)(H,22,26)/t14-,15-,16-,17+,20-/m1/s1. The van der Waals surface area contributed by atoms with E-state index in [4.69, 9.17) is 4.74 Å². The molecule has 2 aromatic rings. The van der Waals surface area contributed by atoms with Crippen molar-refractivity contribution < 1.29 is 29.6 Å². The van der Waals surface area contributed by atoms with Crippen molar-refractivity contribution in [3.8, 4) is 0 Å². The molecule has 8 nitrogen and oxygen atoms in total. The van der Waals surface area contributed by atoms with Crippen LogP contribution in [0.1, 0.15) is 20.7 Å². The molecule has 0 radical (unpaired) electrons. The van der Waals surface area contributed by atoms with Crippen molar-refractivity contribution in [2.45, 2.75) is 30.6 Å². The summed E-state index contributed by atoms with van der Waals surface area (Å²) >= 11 is 0. The first-order valence-corrected chi connectivity index (χ1v) is 8.85. The van der Waals surface area contributed by atoms with E-state index in [0.717, 1.165) is 0 Å². The average Bonchev–Trinajstić information content (AvgIpc) is 2.73. The first-order valence-electron chi connectivity index (χ1n) is 8.85. The molecular formula is C20H22N2O6. The third kappa shape index (κ3) is 4.37. The van der Waals surface area contributed by atoms with Gasteiger partial charge in [0.15, 0.2) is 6.29 Å². The molecule has 0 aromatic heterocycles. The van der Waals surface area contributed by atoms with Gasteiger partial charge < -0.3 is 30.7 Å². The fraction of sp³-hybridized carbons (Fsp3) is 0.300. The van der Waals surface area contributed by atoms with E-state index < -0.39 is 49.0 Å². The summed E-state index contributed by atoms with van der Waals surface area (Å²) in [7, 11) is 0. The number of ether oxygens (including phenoxy) is 1. The number of hydrogen-bond acceptors (Lipinski definition) is 6. The molecule has 3 rings (SSSR count). The number of aliphatic hydroxyl groups is 3. The zero-order valence-electron chi connectivity index (χ0n) is 14.9. The lowest BCUT2D eigenvalue weighted by molar-refractivity contribution is -0.228. The van der Waals surface area contributed by atoms with Gasteiger partial charge in [-0.3, -0.25) is 9.59 Å². The van der Waals surface area contributed by atoms with Gasteiger partial charge >= 0.3 is 0 Å². The van der Waals surface area contributed by atoms with Crippen molar-refractivity contribution in [2.75, 3.05) is 6.61 Å². The highest BCUT2D eigenvalue weighted by Gasteiger charge is 2.46. The van der Waals surface area contributed by atoms with Gasteiger partial charge in [0.2, 0.25) is 0 Å². The molecule has 28 heavy (non-hydrogen) atoms. The molecule has 1 heterocycles. The molecule has 1 aliphatic rings. The molecule has 0 aliphatic carbocycles. The Morgan fingerprint density at radius 2 is 1.29 bits per heavy atom. The SMILES string of the molecule is O=C(N[C@@H]1[C@@H](NC(=O)c2ccccc2)[C@@H](O)[C@@H](CO)O[C@H]1O)c1ccccc1. The average molecular weight is 386 g/mol. The number of rotatable bonds is 5. The fourth-order valence-corrected chi connectivity index (χ4v) is 3.10. The summed E-state index contributed by atoms with van der Waals surface area (Å²) in [5.74, 6) is -0.990. The number of benzene rings is 2. The first-order chi connectivity index (χ1) is 13.5. The molecule has 148 valence electrons. The van der Waals surface area contributed by atoms with E-state index in [2.05, 4.69) is 10.6 Å². The monoisotopic (exact) mass is 386 g/mol. The Kier molecular flexibility index (Phi) is 6.37. The Labute approximate surface area is 161 Å². The van der Waals surface area contributed by atoms with Crippen molar-refractivity contribution in [1.82, 2.24) is 10.6 Å². The largest absolute Gasteiger partial charge is 0.394 e. The third-order valence-corrected chi connectivity index (χ3v) is 4.60. The highest BCUT2D eigenvalue weighted by Crippen LogP contribution is 2.21. The molecule has 8 heteroatoms. The molecule has 5 N–H and O–H groups in total. The Bertz CT molecular complexity index is 801. The van der Waals surface area contributed by atoms with E-state index in [-0.39, 0.29) is 0 Å². The number of amides is 2. The van der Waals surface area contributed by atoms with Gasteiger partial charge in [-0.2, -0.15) is 0 Å². The minimum Gasteiger partial charge on any atom is -0.394 e. The summed E-state index contributed by atoms with van der Waals surface area (Å²) in [4.78, 5) is 25.0. The number of aliphatic hydroxyl groups excluding tert-OH is 3. The Hall–Kier alpha value is -2.78. The van der Waals surface area contributed by atoms with Crippen LogP contribution in [0.5, 0.6) is 0 Å². The molecule has 0 bridgehead atoms. The van der Waals surface area contributed by atoms with Crippen LogP contribution in [-0.2, 0) is 4.74 Å². The van der Waals surface area contributed by atoms with Crippen molar-refractivity contribution in [1.29, 1.82) is 0 Å². The predicted molar refractivity (Wildman–Crippen MR) is 99.4 cm³/mol. The van der Waals surface area contributed by atoms with Gasteiger partial charge in [0.25, 0.3) is 11.8 Å². The second-order valence-electron chi connectivity index (χ2n) is 6.47. The number of carbonyl (C=O) groups is 2. The highest BCUT2D eigenvalue weighted by atomic mass is 16.6. The zero-order chi connectivity index (χ0) is 20.1. The third-order valence-electron chi connectivity index (χ3n) is 4.60. The van der Waals surface area contributed by atoms with Crippen LogP contribution >= 0.6 is 0 Å². The van der Waals surface area contributed by atoms with Crippen LogP contribution in [0.15, 0.2) is 60.7 Å². The van der Waals surface area contributed by atoms with Crippen LogP contribution in [0.25, 0.3) is 0 Å². The predicted octanol–water partition coefficient (Wildman–Crippen LogP) is -0.346. The lowest BCUT2D eigenvalue weighted by Gasteiger charge is -2.43. The summed E-state index contributed by atoms with van der Waals surface area (Å²) in [6.07, 6.45) is -3.99.